The molecule has 3 unspecified atom stereocenters. The molecule has 0 spiro atoms. The Morgan fingerprint density at radius 3 is 1.05 bits per heavy atom. The van der Waals surface area contributed by atoms with Gasteiger partial charge in [0.2, 0.25) is 5.91 Å². The molecule has 0 aromatic rings. The molecule has 2 N–H and O–H groups in total. The van der Waals surface area contributed by atoms with Crippen LogP contribution in [-0.2, 0) is 18.4 Å². The molecular formula is C65H131N2O6P. The molecule has 0 saturated heterocycles. The fraction of sp³-hybridized carbons (Fsp3) is 0.954. The summed E-state index contributed by atoms with van der Waals surface area (Å²) in [5.41, 5.74) is 0. The Morgan fingerprint density at radius 1 is 0.459 bits per heavy atom. The zero-order valence-corrected chi connectivity index (χ0v) is 51.5. The summed E-state index contributed by atoms with van der Waals surface area (Å²) in [4.78, 5) is 25.6. The molecule has 0 aliphatic heterocycles. The molecule has 0 aliphatic carbocycles. The van der Waals surface area contributed by atoms with Gasteiger partial charge in [-0.05, 0) is 38.5 Å². The fourth-order valence-corrected chi connectivity index (χ4v) is 11.1. The van der Waals surface area contributed by atoms with Crippen molar-refractivity contribution in [2.75, 3.05) is 40.9 Å². The summed E-state index contributed by atoms with van der Waals surface area (Å²) in [5, 5.41) is 14.1. The number of hydrogen-bond donors (Lipinski definition) is 2. The molecule has 0 fully saturated rings. The summed E-state index contributed by atoms with van der Waals surface area (Å²) in [6, 6.07) is -0.798. The maximum Gasteiger partial charge on any atom is 0.268 e. The van der Waals surface area contributed by atoms with Gasteiger partial charge in [0.1, 0.15) is 13.2 Å². The molecular weight excluding hydrogens is 936 g/mol. The third kappa shape index (κ3) is 58.9. The number of phosphoric ester groups is 1. The van der Waals surface area contributed by atoms with Gasteiger partial charge in [-0.1, -0.05) is 315 Å². The lowest BCUT2D eigenvalue weighted by Gasteiger charge is -2.30. The van der Waals surface area contributed by atoms with Crippen LogP contribution in [0.5, 0.6) is 0 Å². The van der Waals surface area contributed by atoms with E-state index < -0.39 is 20.0 Å². The van der Waals surface area contributed by atoms with Crippen molar-refractivity contribution in [3.63, 3.8) is 0 Å². The summed E-state index contributed by atoms with van der Waals surface area (Å²) < 4.78 is 23.5. The number of rotatable bonds is 62. The van der Waals surface area contributed by atoms with Crippen LogP contribution in [0.2, 0.25) is 0 Å². The maximum atomic E-state index is 13.0. The molecule has 74 heavy (non-hydrogen) atoms. The first-order chi connectivity index (χ1) is 36.0. The lowest BCUT2D eigenvalue weighted by atomic mass is 10.0. The molecule has 9 heteroatoms. The van der Waals surface area contributed by atoms with E-state index in [2.05, 4.69) is 31.3 Å². The second kappa shape index (κ2) is 56.9. The molecule has 3 atom stereocenters. The van der Waals surface area contributed by atoms with E-state index in [0.717, 1.165) is 38.5 Å². The van der Waals surface area contributed by atoms with Crippen LogP contribution in [0.1, 0.15) is 348 Å². The molecule has 0 aliphatic rings. The Labute approximate surface area is 462 Å². The number of amides is 1. The SMILES string of the molecule is CCCCCCCCCCCCCC/C=C\CCCCCCCCCCCCCCCCCCCC(=O)NC(COP(=O)([O-])OCC[N+](C)(C)C)C(O)CCCCCCCCCCCCCCCCCCCCC. The topological polar surface area (TPSA) is 108 Å². The molecule has 442 valence electrons. The van der Waals surface area contributed by atoms with Crippen LogP contribution in [0.15, 0.2) is 12.2 Å². The Bertz CT molecular complexity index is 1210. The predicted molar refractivity (Wildman–Crippen MR) is 321 cm³/mol. The normalized spacial score (nSPS) is 13.8. The van der Waals surface area contributed by atoms with Crippen molar-refractivity contribution in [1.82, 2.24) is 5.32 Å². The van der Waals surface area contributed by atoms with Crippen LogP contribution in [0.3, 0.4) is 0 Å². The van der Waals surface area contributed by atoms with Crippen molar-refractivity contribution in [1.29, 1.82) is 0 Å². The third-order valence-electron chi connectivity index (χ3n) is 15.5. The zero-order valence-electron chi connectivity index (χ0n) is 50.6. The first-order valence-corrected chi connectivity index (χ1v) is 34.5. The zero-order chi connectivity index (χ0) is 54.2. The van der Waals surface area contributed by atoms with Gasteiger partial charge in [-0.15, -0.1) is 0 Å². The molecule has 0 aromatic heterocycles. The minimum atomic E-state index is -4.57. The van der Waals surface area contributed by atoms with Crippen molar-refractivity contribution >= 4 is 13.7 Å². The number of unbranched alkanes of at least 4 members (excludes halogenated alkanes) is 47. The number of carbonyl (C=O) groups is 1. The molecule has 0 saturated carbocycles. The predicted octanol–water partition coefficient (Wildman–Crippen LogP) is 19.9. The Balaban J connectivity index is 3.98. The number of hydrogen-bond acceptors (Lipinski definition) is 6. The fourth-order valence-electron chi connectivity index (χ4n) is 10.3. The highest BCUT2D eigenvalue weighted by molar-refractivity contribution is 7.45. The molecule has 8 nitrogen and oxygen atoms in total. The maximum absolute atomic E-state index is 13.0. The number of likely N-dealkylation sites (N-methyl/N-ethyl adjacent to an activating group) is 1. The highest BCUT2D eigenvalue weighted by Gasteiger charge is 2.24. The number of nitrogens with zero attached hydrogens (tertiary/aromatic N) is 1. The summed E-state index contributed by atoms with van der Waals surface area (Å²) in [5.74, 6) is -0.157. The average Bonchev–Trinajstić information content (AvgIpc) is 3.36. The summed E-state index contributed by atoms with van der Waals surface area (Å²) in [6.45, 7) is 4.78. The van der Waals surface area contributed by atoms with E-state index in [-0.39, 0.29) is 19.1 Å². The number of nitrogens with one attached hydrogen (secondary N) is 1. The van der Waals surface area contributed by atoms with Gasteiger partial charge in [0.15, 0.2) is 0 Å². The number of aliphatic hydroxyl groups is 1. The summed E-state index contributed by atoms with van der Waals surface area (Å²) >= 11 is 0. The third-order valence-corrected chi connectivity index (χ3v) is 16.5. The second-order valence-electron chi connectivity index (χ2n) is 24.2. The van der Waals surface area contributed by atoms with Gasteiger partial charge >= 0.3 is 0 Å². The first-order valence-electron chi connectivity index (χ1n) is 33.0. The Morgan fingerprint density at radius 2 is 0.743 bits per heavy atom. The van der Waals surface area contributed by atoms with Gasteiger partial charge in [-0.25, -0.2) is 0 Å². The first kappa shape index (κ1) is 73.2. The molecule has 0 heterocycles. The lowest BCUT2D eigenvalue weighted by Crippen LogP contribution is -2.46. The Kier molecular flexibility index (Phi) is 56.4. The van der Waals surface area contributed by atoms with Crippen LogP contribution in [0, 0.1) is 0 Å². The van der Waals surface area contributed by atoms with Gasteiger partial charge in [0.05, 0.1) is 39.9 Å². The van der Waals surface area contributed by atoms with Crippen LogP contribution in [0.4, 0.5) is 0 Å². The minimum Gasteiger partial charge on any atom is -0.756 e. The quantitative estimate of drug-likeness (QED) is 0.0272. The standard InChI is InChI=1S/C65H131N2O6P/c1-6-8-10-12-14-16-18-20-22-24-26-27-28-29-30-31-32-33-34-35-36-37-38-39-41-43-45-47-49-51-53-55-57-59-65(69)66-63(62-73-74(70,71)72-61-60-67(3,4)5)64(68)58-56-54-52-50-48-46-44-42-40-25-23-21-19-17-15-13-11-9-7-2/h29-30,63-64,68H,6-28,31-62H2,1-5H3,(H-,66,69,70,71)/b30-29-. The number of quaternary nitrogens is 1. The summed E-state index contributed by atoms with van der Waals surface area (Å²) in [6.07, 6.45) is 71.3. The van der Waals surface area contributed by atoms with Gasteiger partial charge in [0, 0.05) is 6.42 Å². The molecule has 0 bridgehead atoms. The molecule has 0 aromatic carbocycles. The van der Waals surface area contributed by atoms with E-state index in [0.29, 0.717) is 23.9 Å². The second-order valence-corrected chi connectivity index (χ2v) is 25.6. The van der Waals surface area contributed by atoms with Gasteiger partial charge in [0.25, 0.3) is 7.82 Å². The molecule has 0 radical (unpaired) electrons. The van der Waals surface area contributed by atoms with Crippen LogP contribution in [0.25, 0.3) is 0 Å². The van der Waals surface area contributed by atoms with E-state index in [4.69, 9.17) is 9.05 Å². The smallest absolute Gasteiger partial charge is 0.268 e. The number of allylic oxidation sites excluding steroid dienone is 2. The number of aliphatic hydroxyl groups excluding tert-OH is 1. The minimum absolute atomic E-state index is 0.0156. The van der Waals surface area contributed by atoms with Crippen molar-refractivity contribution in [3.05, 3.63) is 12.2 Å². The van der Waals surface area contributed by atoms with Crippen molar-refractivity contribution in [2.45, 2.75) is 360 Å². The van der Waals surface area contributed by atoms with Crippen molar-refractivity contribution in [2.24, 2.45) is 0 Å². The van der Waals surface area contributed by atoms with E-state index in [1.165, 1.54) is 283 Å². The summed E-state index contributed by atoms with van der Waals surface area (Å²) in [7, 11) is 1.32. The highest BCUT2D eigenvalue weighted by atomic mass is 31.2. The average molecular weight is 1070 g/mol. The molecule has 0 rings (SSSR count). The van der Waals surface area contributed by atoms with E-state index >= 15 is 0 Å². The lowest BCUT2D eigenvalue weighted by molar-refractivity contribution is -0.870. The van der Waals surface area contributed by atoms with Gasteiger partial charge < -0.3 is 28.8 Å². The van der Waals surface area contributed by atoms with Crippen LogP contribution in [-0.4, -0.2) is 68.5 Å². The van der Waals surface area contributed by atoms with Crippen LogP contribution < -0.4 is 10.2 Å². The monoisotopic (exact) mass is 1070 g/mol. The van der Waals surface area contributed by atoms with Gasteiger partial charge in [-0.3, -0.25) is 9.36 Å². The highest BCUT2D eigenvalue weighted by Crippen LogP contribution is 2.38. The van der Waals surface area contributed by atoms with E-state index in [1.807, 2.05) is 21.1 Å². The molecule has 1 amide bonds. The van der Waals surface area contributed by atoms with E-state index in [9.17, 15) is 19.4 Å². The van der Waals surface area contributed by atoms with Gasteiger partial charge in [-0.2, -0.15) is 0 Å². The van der Waals surface area contributed by atoms with Crippen molar-refractivity contribution < 1.29 is 32.9 Å². The van der Waals surface area contributed by atoms with Crippen LogP contribution >= 0.6 is 7.82 Å². The Hall–Kier alpha value is -0.760. The van der Waals surface area contributed by atoms with E-state index in [1.54, 1.807) is 0 Å². The van der Waals surface area contributed by atoms with Crippen molar-refractivity contribution in [3.8, 4) is 0 Å². The number of phosphoric acid groups is 1. The number of carbonyl (C=O) groups excluding carboxylic acids is 1. The largest absolute Gasteiger partial charge is 0.756 e.